The van der Waals surface area contributed by atoms with Crippen LogP contribution in [0.2, 0.25) is 0 Å². The first-order valence-corrected chi connectivity index (χ1v) is 5.65. The molecule has 17 heavy (non-hydrogen) atoms. The number of aromatic amines is 1. The number of aromatic nitrogens is 2. The van der Waals surface area contributed by atoms with Crippen molar-refractivity contribution in [3.05, 3.63) is 30.0 Å². The third-order valence-electron chi connectivity index (χ3n) is 3.01. The molecule has 5 heteroatoms. The van der Waals surface area contributed by atoms with E-state index < -0.39 is 0 Å². The predicted molar refractivity (Wildman–Crippen MR) is 62.8 cm³/mol. The fourth-order valence-electron chi connectivity index (χ4n) is 2.09. The fraction of sp³-hybridized carbons (Fsp3) is 0.333. The Balaban J connectivity index is 1.97. The van der Waals surface area contributed by atoms with E-state index in [9.17, 15) is 4.79 Å². The number of rotatable bonds is 1. The van der Waals surface area contributed by atoms with E-state index in [4.69, 9.17) is 4.74 Å². The summed E-state index contributed by atoms with van der Waals surface area (Å²) in [6, 6.07) is 5.63. The van der Waals surface area contributed by atoms with Crippen LogP contribution < -0.4 is 0 Å². The zero-order chi connectivity index (χ0) is 11.7. The quantitative estimate of drug-likeness (QED) is 0.797. The lowest BCUT2D eigenvalue weighted by Crippen LogP contribution is -2.40. The minimum absolute atomic E-state index is 0.0558. The minimum atomic E-state index is 0.0558. The number of carbonyl (C=O) groups is 1. The average molecular weight is 231 g/mol. The number of benzene rings is 1. The van der Waals surface area contributed by atoms with Gasteiger partial charge in [-0.05, 0) is 12.1 Å². The molecule has 0 aliphatic carbocycles. The molecule has 0 spiro atoms. The first-order chi connectivity index (χ1) is 8.36. The molecule has 1 N–H and O–H groups in total. The van der Waals surface area contributed by atoms with Gasteiger partial charge in [-0.1, -0.05) is 6.07 Å². The molecule has 0 saturated carbocycles. The van der Waals surface area contributed by atoms with E-state index in [1.807, 2.05) is 23.1 Å². The largest absolute Gasteiger partial charge is 0.378 e. The highest BCUT2D eigenvalue weighted by Gasteiger charge is 2.20. The van der Waals surface area contributed by atoms with Crippen LogP contribution in [0.1, 0.15) is 10.4 Å². The van der Waals surface area contributed by atoms with Gasteiger partial charge in [-0.15, -0.1) is 0 Å². The zero-order valence-corrected chi connectivity index (χ0v) is 9.35. The lowest BCUT2D eigenvalue weighted by atomic mass is 10.1. The van der Waals surface area contributed by atoms with Crippen molar-refractivity contribution in [2.24, 2.45) is 0 Å². The van der Waals surface area contributed by atoms with Crippen LogP contribution in [-0.4, -0.2) is 47.3 Å². The van der Waals surface area contributed by atoms with Gasteiger partial charge in [0.2, 0.25) is 0 Å². The Labute approximate surface area is 98.4 Å². The molecule has 0 atom stereocenters. The van der Waals surface area contributed by atoms with Crippen molar-refractivity contribution in [1.29, 1.82) is 0 Å². The first-order valence-electron chi connectivity index (χ1n) is 5.65. The number of morpholine rings is 1. The van der Waals surface area contributed by atoms with Gasteiger partial charge in [0.25, 0.3) is 5.91 Å². The summed E-state index contributed by atoms with van der Waals surface area (Å²) >= 11 is 0. The van der Waals surface area contributed by atoms with Crippen molar-refractivity contribution >= 4 is 16.8 Å². The summed E-state index contributed by atoms with van der Waals surface area (Å²) in [5, 5.41) is 7.72. The topological polar surface area (TPSA) is 58.2 Å². The van der Waals surface area contributed by atoms with Crippen molar-refractivity contribution in [2.45, 2.75) is 0 Å². The molecule has 2 aromatic rings. The van der Waals surface area contributed by atoms with Gasteiger partial charge < -0.3 is 9.64 Å². The van der Waals surface area contributed by atoms with Crippen molar-refractivity contribution < 1.29 is 9.53 Å². The van der Waals surface area contributed by atoms with Gasteiger partial charge in [-0.3, -0.25) is 9.89 Å². The molecular formula is C12H13N3O2. The number of amides is 1. The Morgan fingerprint density at radius 1 is 1.35 bits per heavy atom. The van der Waals surface area contributed by atoms with E-state index >= 15 is 0 Å². The van der Waals surface area contributed by atoms with E-state index in [0.717, 1.165) is 10.9 Å². The molecule has 1 aromatic carbocycles. The Morgan fingerprint density at radius 2 is 2.18 bits per heavy atom. The van der Waals surface area contributed by atoms with Gasteiger partial charge in [0.1, 0.15) is 0 Å². The summed E-state index contributed by atoms with van der Waals surface area (Å²) in [5.74, 6) is 0.0558. The summed E-state index contributed by atoms with van der Waals surface area (Å²) in [6.45, 7) is 2.56. The molecule has 1 fully saturated rings. The molecule has 1 aliphatic rings. The van der Waals surface area contributed by atoms with E-state index in [2.05, 4.69) is 10.2 Å². The smallest absolute Gasteiger partial charge is 0.254 e. The molecule has 1 aromatic heterocycles. The first kappa shape index (κ1) is 10.3. The number of hydrogen-bond acceptors (Lipinski definition) is 3. The molecule has 1 aliphatic heterocycles. The van der Waals surface area contributed by atoms with E-state index in [0.29, 0.717) is 31.9 Å². The third kappa shape index (κ3) is 1.78. The van der Waals surface area contributed by atoms with Crippen molar-refractivity contribution in [3.63, 3.8) is 0 Å². The summed E-state index contributed by atoms with van der Waals surface area (Å²) < 4.78 is 5.25. The van der Waals surface area contributed by atoms with Crippen molar-refractivity contribution in [2.75, 3.05) is 26.3 Å². The molecule has 5 nitrogen and oxygen atoms in total. The van der Waals surface area contributed by atoms with Crippen LogP contribution in [0.5, 0.6) is 0 Å². The molecule has 0 bridgehead atoms. The van der Waals surface area contributed by atoms with Crippen LogP contribution in [0.3, 0.4) is 0 Å². The van der Waals surface area contributed by atoms with E-state index in [1.54, 1.807) is 6.20 Å². The Bertz CT molecular complexity index is 543. The maximum Gasteiger partial charge on any atom is 0.254 e. The number of fused-ring (bicyclic) bond motifs is 1. The standard InChI is InChI=1S/C12H13N3O2/c16-12(15-4-6-17-7-5-15)9-2-1-3-11-10(9)8-13-14-11/h1-3,8H,4-7H2,(H,13,14). The fourth-order valence-corrected chi connectivity index (χ4v) is 2.09. The highest BCUT2D eigenvalue weighted by molar-refractivity contribution is 6.06. The second-order valence-corrected chi connectivity index (χ2v) is 4.04. The summed E-state index contributed by atoms with van der Waals surface area (Å²) in [4.78, 5) is 14.2. The molecule has 1 saturated heterocycles. The number of carbonyl (C=O) groups excluding carboxylic acids is 1. The normalized spacial score (nSPS) is 16.4. The second kappa shape index (κ2) is 4.18. The maximum absolute atomic E-state index is 12.3. The van der Waals surface area contributed by atoms with Crippen LogP contribution >= 0.6 is 0 Å². The van der Waals surface area contributed by atoms with Gasteiger partial charge in [-0.2, -0.15) is 5.10 Å². The average Bonchev–Trinajstić information content (AvgIpc) is 2.87. The monoisotopic (exact) mass is 231 g/mol. The van der Waals surface area contributed by atoms with Crippen LogP contribution in [0, 0.1) is 0 Å². The number of hydrogen-bond donors (Lipinski definition) is 1. The number of ether oxygens (including phenoxy) is 1. The lowest BCUT2D eigenvalue weighted by Gasteiger charge is -2.27. The second-order valence-electron chi connectivity index (χ2n) is 4.04. The lowest BCUT2D eigenvalue weighted by molar-refractivity contribution is 0.0304. The molecule has 0 unspecified atom stereocenters. The van der Waals surface area contributed by atoms with Gasteiger partial charge in [0, 0.05) is 18.5 Å². The number of nitrogens with zero attached hydrogens (tertiary/aromatic N) is 2. The molecule has 3 rings (SSSR count). The molecule has 1 amide bonds. The van der Waals surface area contributed by atoms with Crippen LogP contribution in [0.4, 0.5) is 0 Å². The van der Waals surface area contributed by atoms with Gasteiger partial charge in [0.15, 0.2) is 0 Å². The molecular weight excluding hydrogens is 218 g/mol. The summed E-state index contributed by atoms with van der Waals surface area (Å²) in [5.41, 5.74) is 1.60. The summed E-state index contributed by atoms with van der Waals surface area (Å²) in [6.07, 6.45) is 1.70. The molecule has 0 radical (unpaired) electrons. The predicted octanol–water partition coefficient (Wildman–Crippen LogP) is 1.04. The van der Waals surface area contributed by atoms with Crippen molar-refractivity contribution in [1.82, 2.24) is 15.1 Å². The van der Waals surface area contributed by atoms with Crippen LogP contribution in [0.25, 0.3) is 10.9 Å². The van der Waals surface area contributed by atoms with Crippen LogP contribution in [0.15, 0.2) is 24.4 Å². The Kier molecular flexibility index (Phi) is 2.53. The molecule has 2 heterocycles. The van der Waals surface area contributed by atoms with Gasteiger partial charge in [-0.25, -0.2) is 0 Å². The van der Waals surface area contributed by atoms with E-state index in [-0.39, 0.29) is 5.91 Å². The highest BCUT2D eigenvalue weighted by atomic mass is 16.5. The minimum Gasteiger partial charge on any atom is -0.378 e. The van der Waals surface area contributed by atoms with Crippen LogP contribution in [-0.2, 0) is 4.74 Å². The SMILES string of the molecule is O=C(c1cccc2[nH]ncc12)N1CCOCC1. The van der Waals surface area contributed by atoms with Gasteiger partial charge >= 0.3 is 0 Å². The Morgan fingerprint density at radius 3 is 3.00 bits per heavy atom. The molecule has 88 valence electrons. The number of H-pyrrole nitrogens is 1. The maximum atomic E-state index is 12.3. The Hall–Kier alpha value is -1.88. The van der Waals surface area contributed by atoms with Crippen molar-refractivity contribution in [3.8, 4) is 0 Å². The highest BCUT2D eigenvalue weighted by Crippen LogP contribution is 2.18. The summed E-state index contributed by atoms with van der Waals surface area (Å²) in [7, 11) is 0. The van der Waals surface area contributed by atoms with Gasteiger partial charge in [0.05, 0.1) is 30.5 Å². The zero-order valence-electron chi connectivity index (χ0n) is 9.35. The third-order valence-corrected chi connectivity index (χ3v) is 3.01. The van der Waals surface area contributed by atoms with E-state index in [1.165, 1.54) is 0 Å². The number of nitrogens with one attached hydrogen (secondary N) is 1.